The second kappa shape index (κ2) is 5.37. The molecule has 2 N–H and O–H groups in total. The van der Waals surface area contributed by atoms with E-state index >= 15 is 0 Å². The van der Waals surface area contributed by atoms with Gasteiger partial charge in [-0.1, -0.05) is 18.2 Å². The van der Waals surface area contributed by atoms with Crippen molar-refractivity contribution < 1.29 is 19.1 Å². The van der Waals surface area contributed by atoms with Gasteiger partial charge in [0.05, 0.1) is 25.0 Å². The molecular formula is C18H21N3O4. The van der Waals surface area contributed by atoms with Crippen LogP contribution in [0.4, 0.5) is 5.69 Å². The number of carbonyl (C=O) groups excluding carboxylic acids is 3. The van der Waals surface area contributed by atoms with Crippen LogP contribution in [-0.4, -0.2) is 48.9 Å². The summed E-state index contributed by atoms with van der Waals surface area (Å²) in [5.74, 6) is -2.05. The molecule has 0 saturated carbocycles. The summed E-state index contributed by atoms with van der Waals surface area (Å²) in [7, 11) is 1.53. The highest BCUT2D eigenvalue weighted by molar-refractivity contribution is 6.15. The van der Waals surface area contributed by atoms with Gasteiger partial charge in [-0.25, -0.2) is 0 Å². The fraction of sp³-hybridized carbons (Fsp3) is 0.500. The van der Waals surface area contributed by atoms with Crippen LogP contribution in [0.5, 0.6) is 0 Å². The first-order valence-electron chi connectivity index (χ1n) is 8.47. The Bertz CT molecular complexity index is 793. The van der Waals surface area contributed by atoms with E-state index in [4.69, 9.17) is 4.74 Å². The number of amides is 3. The van der Waals surface area contributed by atoms with E-state index in [0.717, 1.165) is 16.8 Å². The van der Waals surface area contributed by atoms with Gasteiger partial charge in [0.15, 0.2) is 0 Å². The molecule has 4 atom stereocenters. The third-order valence-electron chi connectivity index (χ3n) is 5.72. The number of rotatable bonds is 3. The van der Waals surface area contributed by atoms with Crippen LogP contribution in [-0.2, 0) is 24.7 Å². The molecule has 2 fully saturated rings. The lowest BCUT2D eigenvalue weighted by molar-refractivity contribution is -0.143. The van der Waals surface area contributed by atoms with Crippen LogP contribution in [0.25, 0.3) is 0 Å². The van der Waals surface area contributed by atoms with Crippen molar-refractivity contribution in [2.24, 2.45) is 11.8 Å². The van der Waals surface area contributed by atoms with E-state index in [-0.39, 0.29) is 36.9 Å². The van der Waals surface area contributed by atoms with E-state index < -0.39 is 17.4 Å². The van der Waals surface area contributed by atoms with Crippen molar-refractivity contribution in [3.05, 3.63) is 29.3 Å². The summed E-state index contributed by atoms with van der Waals surface area (Å²) in [5, 5.41) is 6.21. The minimum absolute atomic E-state index is 0.215. The number of likely N-dealkylation sites (tertiary alicyclic amines) is 1. The number of methoxy groups -OCH3 is 1. The summed E-state index contributed by atoms with van der Waals surface area (Å²) >= 11 is 0. The lowest BCUT2D eigenvalue weighted by Crippen LogP contribution is -2.53. The summed E-state index contributed by atoms with van der Waals surface area (Å²) in [4.78, 5) is 40.1. The quantitative estimate of drug-likeness (QED) is 0.775. The molecule has 3 aliphatic rings. The minimum atomic E-state index is -1.18. The van der Waals surface area contributed by atoms with Crippen LogP contribution in [0, 0.1) is 18.8 Å². The molecule has 0 aliphatic carbocycles. The predicted molar refractivity (Wildman–Crippen MR) is 89.7 cm³/mol. The van der Waals surface area contributed by atoms with Crippen molar-refractivity contribution in [3.8, 4) is 0 Å². The fourth-order valence-electron chi connectivity index (χ4n) is 4.60. The lowest BCUT2D eigenvalue weighted by Gasteiger charge is -2.29. The van der Waals surface area contributed by atoms with E-state index in [9.17, 15) is 14.4 Å². The number of nitrogens with zero attached hydrogens (tertiary/aromatic N) is 1. The van der Waals surface area contributed by atoms with Gasteiger partial charge in [0.2, 0.25) is 17.7 Å². The van der Waals surface area contributed by atoms with Gasteiger partial charge in [0, 0.05) is 24.4 Å². The maximum absolute atomic E-state index is 13.1. The van der Waals surface area contributed by atoms with Crippen LogP contribution in [0.15, 0.2) is 18.2 Å². The van der Waals surface area contributed by atoms with E-state index in [1.165, 1.54) is 12.0 Å². The Labute approximate surface area is 145 Å². The van der Waals surface area contributed by atoms with Gasteiger partial charge in [-0.05, 0) is 19.4 Å². The number of hydrogen-bond donors (Lipinski definition) is 2. The van der Waals surface area contributed by atoms with E-state index in [1.54, 1.807) is 0 Å². The summed E-state index contributed by atoms with van der Waals surface area (Å²) in [6.45, 7) is 4.28. The molecule has 3 amide bonds. The average Bonchev–Trinajstić information content (AvgIpc) is 3.13. The highest BCUT2D eigenvalue weighted by Crippen LogP contribution is 2.53. The van der Waals surface area contributed by atoms with Crippen LogP contribution in [0.2, 0.25) is 0 Å². The number of carbonyl (C=O) groups is 3. The van der Waals surface area contributed by atoms with Crippen molar-refractivity contribution >= 4 is 23.4 Å². The first-order chi connectivity index (χ1) is 11.9. The Hall–Kier alpha value is -2.25. The number of ether oxygens (including phenoxy) is 1. The third-order valence-corrected chi connectivity index (χ3v) is 5.72. The van der Waals surface area contributed by atoms with Crippen molar-refractivity contribution in [1.82, 2.24) is 10.2 Å². The molecule has 7 nitrogen and oxygen atoms in total. The van der Waals surface area contributed by atoms with E-state index in [0.29, 0.717) is 0 Å². The summed E-state index contributed by atoms with van der Waals surface area (Å²) < 4.78 is 5.02. The molecule has 4 rings (SSSR count). The van der Waals surface area contributed by atoms with Gasteiger partial charge >= 0.3 is 0 Å². The molecule has 25 heavy (non-hydrogen) atoms. The number of fused-ring (bicyclic) bond motifs is 4. The fourth-order valence-corrected chi connectivity index (χ4v) is 4.60. The molecule has 3 heterocycles. The first-order valence-corrected chi connectivity index (χ1v) is 8.47. The molecule has 1 spiro atoms. The highest BCUT2D eigenvalue weighted by Gasteiger charge is 2.69. The smallest absolute Gasteiger partial charge is 0.250 e. The monoisotopic (exact) mass is 343 g/mol. The lowest BCUT2D eigenvalue weighted by atomic mass is 9.76. The molecule has 3 aliphatic heterocycles. The Morgan fingerprint density at radius 1 is 1.24 bits per heavy atom. The maximum Gasteiger partial charge on any atom is 0.250 e. The maximum atomic E-state index is 13.1. The zero-order valence-electron chi connectivity index (χ0n) is 14.5. The number of anilines is 1. The summed E-state index contributed by atoms with van der Waals surface area (Å²) in [5.41, 5.74) is 1.25. The van der Waals surface area contributed by atoms with Crippen LogP contribution < -0.4 is 10.6 Å². The Balaban J connectivity index is 1.84. The van der Waals surface area contributed by atoms with E-state index in [2.05, 4.69) is 10.6 Å². The highest BCUT2D eigenvalue weighted by atomic mass is 16.5. The molecule has 1 aromatic rings. The SMILES string of the molecule is COCCN1C(=O)[C@H]2[C@@H](C1=O)[C@]1(N[C@@H]2C)C(=O)Nc2c(C)cccc21. The summed E-state index contributed by atoms with van der Waals surface area (Å²) in [6.07, 6.45) is 0. The minimum Gasteiger partial charge on any atom is -0.383 e. The number of para-hydroxylation sites is 1. The average molecular weight is 343 g/mol. The number of benzene rings is 1. The molecule has 132 valence electrons. The summed E-state index contributed by atoms with van der Waals surface area (Å²) in [6, 6.07) is 5.38. The van der Waals surface area contributed by atoms with Gasteiger partial charge in [-0.2, -0.15) is 0 Å². The van der Waals surface area contributed by atoms with Gasteiger partial charge in [0.1, 0.15) is 5.54 Å². The molecule has 0 aromatic heterocycles. The van der Waals surface area contributed by atoms with Crippen LogP contribution in [0.3, 0.4) is 0 Å². The second-order valence-electron chi connectivity index (χ2n) is 7.02. The second-order valence-corrected chi connectivity index (χ2v) is 7.02. The molecule has 0 unspecified atom stereocenters. The third kappa shape index (κ3) is 1.90. The zero-order chi connectivity index (χ0) is 17.9. The normalized spacial score (nSPS) is 33.2. The van der Waals surface area contributed by atoms with Crippen molar-refractivity contribution in [2.45, 2.75) is 25.4 Å². The molecule has 0 radical (unpaired) electrons. The molecule has 2 saturated heterocycles. The number of aryl methyl sites for hydroxylation is 1. The largest absolute Gasteiger partial charge is 0.383 e. The zero-order valence-corrected chi connectivity index (χ0v) is 14.5. The number of hydrogen-bond acceptors (Lipinski definition) is 5. The Morgan fingerprint density at radius 3 is 2.72 bits per heavy atom. The standard InChI is InChI=1S/C18H21N3O4/c1-9-5-4-6-11-14(9)19-17(24)18(11)13-12(10(2)20-18)15(22)21(16(13)23)7-8-25-3/h4-6,10,12-13,20H,7-8H2,1-3H3,(H,19,24)/t10-,12-,13+,18+/m1/s1. The molecule has 7 heteroatoms. The molecular weight excluding hydrogens is 322 g/mol. The Kier molecular flexibility index (Phi) is 3.49. The van der Waals surface area contributed by atoms with Crippen LogP contribution >= 0.6 is 0 Å². The van der Waals surface area contributed by atoms with Crippen molar-refractivity contribution in [2.75, 3.05) is 25.6 Å². The van der Waals surface area contributed by atoms with Gasteiger partial charge < -0.3 is 10.1 Å². The number of nitrogens with one attached hydrogen (secondary N) is 2. The van der Waals surface area contributed by atoms with Crippen LogP contribution in [0.1, 0.15) is 18.1 Å². The molecule has 1 aromatic carbocycles. The predicted octanol–water partition coefficient (Wildman–Crippen LogP) is 0.382. The first kappa shape index (κ1) is 16.2. The van der Waals surface area contributed by atoms with E-state index in [1.807, 2.05) is 32.0 Å². The molecule has 0 bridgehead atoms. The van der Waals surface area contributed by atoms with Crippen molar-refractivity contribution in [3.63, 3.8) is 0 Å². The van der Waals surface area contributed by atoms with Gasteiger partial charge in [-0.3, -0.25) is 24.6 Å². The van der Waals surface area contributed by atoms with Crippen molar-refractivity contribution in [1.29, 1.82) is 0 Å². The Morgan fingerprint density at radius 2 is 2.00 bits per heavy atom. The topological polar surface area (TPSA) is 87.7 Å². The van der Waals surface area contributed by atoms with Gasteiger partial charge in [0.25, 0.3) is 0 Å². The van der Waals surface area contributed by atoms with Gasteiger partial charge in [-0.15, -0.1) is 0 Å². The number of imide groups is 1.